The fourth-order valence-electron chi connectivity index (χ4n) is 2.39. The number of benzene rings is 3. The van der Waals surface area contributed by atoms with Gasteiger partial charge in [0.2, 0.25) is 5.91 Å². The van der Waals surface area contributed by atoms with Crippen molar-refractivity contribution in [2.75, 3.05) is 5.32 Å². The third kappa shape index (κ3) is 5.78. The molecule has 0 spiro atoms. The Bertz CT molecular complexity index is 979. The van der Waals surface area contributed by atoms with Crippen molar-refractivity contribution in [3.05, 3.63) is 108 Å². The number of nitrogens with one attached hydrogen (secondary N) is 2. The molecule has 0 saturated heterocycles. The fourth-order valence-corrected chi connectivity index (χ4v) is 2.39. The molecule has 0 saturated carbocycles. The Morgan fingerprint density at radius 3 is 2.00 bits per heavy atom. The van der Waals surface area contributed by atoms with Gasteiger partial charge in [-0.1, -0.05) is 60.7 Å². The van der Waals surface area contributed by atoms with Crippen LogP contribution in [0.4, 0.5) is 5.69 Å². The summed E-state index contributed by atoms with van der Waals surface area (Å²) in [4.78, 5) is 24.1. The van der Waals surface area contributed by atoms with E-state index in [-0.39, 0.29) is 11.8 Å². The van der Waals surface area contributed by atoms with Crippen LogP contribution in [0.15, 0.2) is 96.1 Å². The molecule has 0 fully saturated rings. The van der Waals surface area contributed by atoms with Crippen LogP contribution in [0.2, 0.25) is 0 Å². The second-order valence-electron chi connectivity index (χ2n) is 5.92. The van der Waals surface area contributed by atoms with E-state index in [2.05, 4.69) is 15.8 Å². The first kappa shape index (κ1) is 18.8. The van der Waals surface area contributed by atoms with E-state index in [4.69, 9.17) is 0 Å². The highest BCUT2D eigenvalue weighted by Crippen LogP contribution is 2.10. The molecule has 0 bridgehead atoms. The second-order valence-corrected chi connectivity index (χ2v) is 5.92. The summed E-state index contributed by atoms with van der Waals surface area (Å²) in [7, 11) is 0. The lowest BCUT2D eigenvalue weighted by Gasteiger charge is -2.04. The summed E-state index contributed by atoms with van der Waals surface area (Å²) in [5.41, 5.74) is 5.37. The summed E-state index contributed by atoms with van der Waals surface area (Å²) in [6, 6.07) is 25.6. The molecule has 0 atom stereocenters. The Hall–Kier alpha value is -3.99. The van der Waals surface area contributed by atoms with Gasteiger partial charge in [-0.15, -0.1) is 0 Å². The molecular weight excluding hydrogens is 350 g/mol. The minimum atomic E-state index is -0.325. The Morgan fingerprint density at radius 1 is 0.750 bits per heavy atom. The van der Waals surface area contributed by atoms with E-state index < -0.39 is 0 Å². The largest absolute Gasteiger partial charge is 0.323 e. The molecule has 3 aromatic carbocycles. The highest BCUT2D eigenvalue weighted by molar-refractivity contribution is 6.02. The van der Waals surface area contributed by atoms with Crippen LogP contribution in [-0.4, -0.2) is 18.0 Å². The van der Waals surface area contributed by atoms with Crippen molar-refractivity contribution in [1.29, 1.82) is 0 Å². The Kier molecular flexibility index (Phi) is 6.47. The van der Waals surface area contributed by atoms with Gasteiger partial charge in [0.15, 0.2) is 0 Å². The molecule has 3 aromatic rings. The van der Waals surface area contributed by atoms with Gasteiger partial charge < -0.3 is 5.32 Å². The molecule has 0 aromatic heterocycles. The van der Waals surface area contributed by atoms with Crippen molar-refractivity contribution in [2.24, 2.45) is 5.10 Å². The lowest BCUT2D eigenvalue weighted by Crippen LogP contribution is -2.17. The van der Waals surface area contributed by atoms with Gasteiger partial charge in [0.05, 0.1) is 6.21 Å². The molecule has 28 heavy (non-hydrogen) atoms. The third-order valence-corrected chi connectivity index (χ3v) is 3.82. The zero-order chi connectivity index (χ0) is 19.6. The predicted molar refractivity (Wildman–Crippen MR) is 112 cm³/mol. The van der Waals surface area contributed by atoms with Crippen LogP contribution in [0.25, 0.3) is 6.08 Å². The van der Waals surface area contributed by atoms with Crippen LogP contribution < -0.4 is 10.7 Å². The number of carbonyl (C=O) groups is 2. The maximum absolute atomic E-state index is 12.1. The van der Waals surface area contributed by atoms with E-state index in [0.29, 0.717) is 11.3 Å². The molecule has 3 rings (SSSR count). The molecule has 5 heteroatoms. The van der Waals surface area contributed by atoms with Gasteiger partial charge in [0.1, 0.15) is 0 Å². The highest BCUT2D eigenvalue weighted by atomic mass is 16.2. The summed E-state index contributed by atoms with van der Waals surface area (Å²) in [5.74, 6) is -0.567. The number of nitrogens with zero attached hydrogens (tertiary/aromatic N) is 1. The van der Waals surface area contributed by atoms with Gasteiger partial charge in [-0.05, 0) is 41.5 Å². The summed E-state index contributed by atoms with van der Waals surface area (Å²) in [5, 5.41) is 6.69. The van der Waals surface area contributed by atoms with Crippen LogP contribution in [0.5, 0.6) is 0 Å². The van der Waals surface area contributed by atoms with Crippen LogP contribution in [-0.2, 0) is 4.79 Å². The zero-order valence-electron chi connectivity index (χ0n) is 15.1. The fraction of sp³-hybridized carbons (Fsp3) is 0. The van der Waals surface area contributed by atoms with Crippen molar-refractivity contribution in [2.45, 2.75) is 0 Å². The summed E-state index contributed by atoms with van der Waals surface area (Å²) in [6.07, 6.45) is 4.78. The smallest absolute Gasteiger partial charge is 0.271 e. The van der Waals surface area contributed by atoms with Crippen molar-refractivity contribution >= 4 is 29.8 Å². The molecule has 0 aliphatic carbocycles. The zero-order valence-corrected chi connectivity index (χ0v) is 15.1. The van der Waals surface area contributed by atoms with Crippen LogP contribution in [0.1, 0.15) is 21.5 Å². The number of anilines is 1. The number of hydrogen-bond donors (Lipinski definition) is 2. The van der Waals surface area contributed by atoms with Crippen LogP contribution in [0.3, 0.4) is 0 Å². The van der Waals surface area contributed by atoms with Gasteiger partial charge in [-0.2, -0.15) is 5.10 Å². The SMILES string of the molecule is O=C(/C=C/c1ccccc1)Nc1ccc(C(=O)N/N=C\c2ccccc2)cc1. The summed E-state index contributed by atoms with van der Waals surface area (Å²) in [6.45, 7) is 0. The standard InChI is InChI=1S/C23H19N3O2/c27-22(16-11-18-7-3-1-4-8-18)25-21-14-12-20(13-15-21)23(28)26-24-17-19-9-5-2-6-10-19/h1-17H,(H,25,27)(H,26,28)/b16-11+,24-17-. The molecule has 0 aliphatic heterocycles. The van der Waals surface area contributed by atoms with E-state index in [9.17, 15) is 9.59 Å². The maximum Gasteiger partial charge on any atom is 0.271 e. The number of rotatable bonds is 6. The van der Waals surface area contributed by atoms with E-state index >= 15 is 0 Å². The third-order valence-electron chi connectivity index (χ3n) is 3.82. The minimum Gasteiger partial charge on any atom is -0.323 e. The van der Waals surface area contributed by atoms with E-state index in [0.717, 1.165) is 11.1 Å². The first-order valence-corrected chi connectivity index (χ1v) is 8.73. The average molecular weight is 369 g/mol. The van der Waals surface area contributed by atoms with E-state index in [1.807, 2.05) is 60.7 Å². The quantitative estimate of drug-likeness (QED) is 0.390. The van der Waals surface area contributed by atoms with Crippen molar-refractivity contribution in [1.82, 2.24) is 5.43 Å². The molecule has 2 N–H and O–H groups in total. The van der Waals surface area contributed by atoms with Gasteiger partial charge >= 0.3 is 0 Å². The number of carbonyl (C=O) groups excluding carboxylic acids is 2. The number of amides is 2. The average Bonchev–Trinajstić information content (AvgIpc) is 2.74. The predicted octanol–water partition coefficient (Wildman–Crippen LogP) is 4.10. The van der Waals surface area contributed by atoms with E-state index in [1.165, 1.54) is 6.08 Å². The monoisotopic (exact) mass is 369 g/mol. The normalized spacial score (nSPS) is 10.9. The topological polar surface area (TPSA) is 70.6 Å². The second kappa shape index (κ2) is 9.64. The van der Waals surface area contributed by atoms with Crippen LogP contribution in [0, 0.1) is 0 Å². The van der Waals surface area contributed by atoms with E-state index in [1.54, 1.807) is 36.6 Å². The summed E-state index contributed by atoms with van der Waals surface area (Å²) < 4.78 is 0. The van der Waals surface area contributed by atoms with Crippen LogP contribution >= 0.6 is 0 Å². The van der Waals surface area contributed by atoms with Crippen molar-refractivity contribution < 1.29 is 9.59 Å². The van der Waals surface area contributed by atoms with Gasteiger partial charge in [0, 0.05) is 17.3 Å². The molecule has 0 radical (unpaired) electrons. The van der Waals surface area contributed by atoms with Crippen molar-refractivity contribution in [3.63, 3.8) is 0 Å². The first-order valence-electron chi connectivity index (χ1n) is 8.73. The Labute approximate surface area is 163 Å². The maximum atomic E-state index is 12.1. The molecule has 138 valence electrons. The van der Waals surface area contributed by atoms with Gasteiger partial charge in [-0.3, -0.25) is 9.59 Å². The molecular formula is C23H19N3O2. The molecule has 0 heterocycles. The number of hydrazone groups is 1. The molecule has 0 aliphatic rings. The number of hydrogen-bond acceptors (Lipinski definition) is 3. The molecule has 2 amide bonds. The molecule has 0 unspecified atom stereocenters. The highest BCUT2D eigenvalue weighted by Gasteiger charge is 2.05. The Morgan fingerprint density at radius 2 is 1.36 bits per heavy atom. The van der Waals surface area contributed by atoms with Gasteiger partial charge in [0.25, 0.3) is 5.91 Å². The van der Waals surface area contributed by atoms with Gasteiger partial charge in [-0.25, -0.2) is 5.43 Å². The molecule has 5 nitrogen and oxygen atoms in total. The lowest BCUT2D eigenvalue weighted by molar-refractivity contribution is -0.111. The summed E-state index contributed by atoms with van der Waals surface area (Å²) >= 11 is 0. The Balaban J connectivity index is 1.52. The minimum absolute atomic E-state index is 0.242. The first-order chi connectivity index (χ1) is 13.7. The van der Waals surface area contributed by atoms with Crippen molar-refractivity contribution in [3.8, 4) is 0 Å². The lowest BCUT2D eigenvalue weighted by atomic mass is 10.2.